The lowest BCUT2D eigenvalue weighted by atomic mass is 9.99. The topological polar surface area (TPSA) is 64.4 Å². The average Bonchev–Trinajstić information content (AvgIpc) is 2.38. The summed E-state index contributed by atoms with van der Waals surface area (Å²) < 4.78 is 18.0. The summed E-state index contributed by atoms with van der Waals surface area (Å²) in [5, 5.41) is 2.65. The third kappa shape index (κ3) is 3.43. The predicted octanol–water partition coefficient (Wildman–Crippen LogP) is 2.15. The minimum Gasteiger partial charge on any atom is -0.494 e. The SMILES string of the molecule is CCC(C)[C@H](N)C(=O)Nc1ccc(F)cc1OC. The highest BCUT2D eigenvalue weighted by Gasteiger charge is 2.20. The molecule has 0 saturated carbocycles. The number of benzene rings is 1. The van der Waals surface area contributed by atoms with Crippen LogP contribution in [0.3, 0.4) is 0 Å². The van der Waals surface area contributed by atoms with E-state index in [9.17, 15) is 9.18 Å². The molecular weight excluding hydrogens is 235 g/mol. The molecule has 1 amide bonds. The lowest BCUT2D eigenvalue weighted by Gasteiger charge is -2.18. The number of anilines is 1. The first kappa shape index (κ1) is 14.4. The number of nitrogens with one attached hydrogen (secondary N) is 1. The number of rotatable bonds is 5. The molecule has 1 aromatic rings. The summed E-state index contributed by atoms with van der Waals surface area (Å²) in [5.74, 6) is -0.360. The Labute approximate surface area is 106 Å². The molecule has 2 atom stereocenters. The van der Waals surface area contributed by atoms with Crippen LogP contribution in [0.4, 0.5) is 10.1 Å². The Morgan fingerprint density at radius 3 is 2.78 bits per heavy atom. The molecule has 0 aliphatic heterocycles. The predicted molar refractivity (Wildman–Crippen MR) is 69.0 cm³/mol. The molecule has 0 aromatic heterocycles. The molecule has 5 heteroatoms. The molecule has 1 aromatic carbocycles. The van der Waals surface area contributed by atoms with Gasteiger partial charge in [-0.1, -0.05) is 20.3 Å². The number of amides is 1. The number of ether oxygens (including phenoxy) is 1. The highest BCUT2D eigenvalue weighted by Crippen LogP contribution is 2.25. The van der Waals surface area contributed by atoms with Gasteiger partial charge in [0.05, 0.1) is 18.8 Å². The van der Waals surface area contributed by atoms with E-state index in [1.54, 1.807) is 0 Å². The minimum atomic E-state index is -0.593. The molecule has 18 heavy (non-hydrogen) atoms. The molecule has 0 heterocycles. The van der Waals surface area contributed by atoms with E-state index < -0.39 is 11.9 Å². The van der Waals surface area contributed by atoms with Crippen molar-refractivity contribution in [3.05, 3.63) is 24.0 Å². The van der Waals surface area contributed by atoms with Gasteiger partial charge in [0.1, 0.15) is 11.6 Å². The van der Waals surface area contributed by atoms with E-state index in [2.05, 4.69) is 5.32 Å². The van der Waals surface area contributed by atoms with Crippen molar-refractivity contribution in [2.24, 2.45) is 11.7 Å². The molecule has 4 nitrogen and oxygen atoms in total. The summed E-state index contributed by atoms with van der Waals surface area (Å²) in [6, 6.07) is 3.33. The van der Waals surface area contributed by atoms with Gasteiger partial charge in [-0.25, -0.2) is 4.39 Å². The van der Waals surface area contributed by atoms with Crippen LogP contribution in [-0.4, -0.2) is 19.1 Å². The van der Waals surface area contributed by atoms with Gasteiger partial charge in [-0.3, -0.25) is 4.79 Å². The molecule has 0 fully saturated rings. The van der Waals surface area contributed by atoms with Crippen molar-refractivity contribution in [2.45, 2.75) is 26.3 Å². The number of nitrogens with two attached hydrogens (primary N) is 1. The molecule has 0 spiro atoms. The number of methoxy groups -OCH3 is 1. The van der Waals surface area contributed by atoms with Crippen molar-refractivity contribution in [3.8, 4) is 5.75 Å². The molecule has 0 aliphatic carbocycles. The zero-order chi connectivity index (χ0) is 13.7. The Morgan fingerprint density at radius 2 is 2.22 bits per heavy atom. The molecule has 100 valence electrons. The quantitative estimate of drug-likeness (QED) is 0.846. The fourth-order valence-electron chi connectivity index (χ4n) is 1.50. The molecule has 0 aliphatic rings. The Hall–Kier alpha value is -1.62. The zero-order valence-electron chi connectivity index (χ0n) is 10.9. The number of carbonyl (C=O) groups is 1. The van der Waals surface area contributed by atoms with Crippen LogP contribution in [0, 0.1) is 11.7 Å². The van der Waals surface area contributed by atoms with Crippen LogP contribution in [0.25, 0.3) is 0 Å². The van der Waals surface area contributed by atoms with E-state index in [0.29, 0.717) is 5.69 Å². The summed E-state index contributed by atoms with van der Waals surface area (Å²) >= 11 is 0. The Bertz CT molecular complexity index is 423. The molecular formula is C13H19FN2O2. The summed E-state index contributed by atoms with van der Waals surface area (Å²) in [7, 11) is 1.42. The molecule has 1 unspecified atom stereocenters. The van der Waals surface area contributed by atoms with Crippen molar-refractivity contribution >= 4 is 11.6 Å². The van der Waals surface area contributed by atoms with E-state index in [0.717, 1.165) is 6.42 Å². The molecule has 1 rings (SSSR count). The summed E-state index contributed by atoms with van der Waals surface area (Å²) in [6.45, 7) is 3.88. The lowest BCUT2D eigenvalue weighted by molar-refractivity contribution is -0.118. The monoisotopic (exact) mass is 254 g/mol. The second-order valence-corrected chi connectivity index (χ2v) is 4.25. The molecule has 0 saturated heterocycles. The van der Waals surface area contributed by atoms with Crippen LogP contribution in [0.5, 0.6) is 5.75 Å². The molecule has 3 N–H and O–H groups in total. The van der Waals surface area contributed by atoms with E-state index in [1.807, 2.05) is 13.8 Å². The van der Waals surface area contributed by atoms with Crippen molar-refractivity contribution in [2.75, 3.05) is 12.4 Å². The zero-order valence-corrected chi connectivity index (χ0v) is 10.9. The third-order valence-corrected chi connectivity index (χ3v) is 2.98. The maximum absolute atomic E-state index is 13.0. The maximum atomic E-state index is 13.0. The van der Waals surface area contributed by atoms with Crippen molar-refractivity contribution < 1.29 is 13.9 Å². The fourth-order valence-corrected chi connectivity index (χ4v) is 1.50. The van der Waals surface area contributed by atoms with E-state index in [1.165, 1.54) is 25.3 Å². The van der Waals surface area contributed by atoms with Gasteiger partial charge in [-0.05, 0) is 18.1 Å². The summed E-state index contributed by atoms with van der Waals surface area (Å²) in [6.07, 6.45) is 0.815. The Balaban J connectivity index is 2.81. The fraction of sp³-hybridized carbons (Fsp3) is 0.462. The van der Waals surface area contributed by atoms with Crippen molar-refractivity contribution in [1.82, 2.24) is 0 Å². The van der Waals surface area contributed by atoms with Crippen LogP contribution in [0.1, 0.15) is 20.3 Å². The van der Waals surface area contributed by atoms with Gasteiger partial charge in [0.25, 0.3) is 0 Å². The van der Waals surface area contributed by atoms with Gasteiger partial charge in [-0.15, -0.1) is 0 Å². The second kappa shape index (κ2) is 6.35. The number of hydrogen-bond acceptors (Lipinski definition) is 3. The van der Waals surface area contributed by atoms with Gasteiger partial charge >= 0.3 is 0 Å². The van der Waals surface area contributed by atoms with Crippen LogP contribution in [0.15, 0.2) is 18.2 Å². The smallest absolute Gasteiger partial charge is 0.241 e. The van der Waals surface area contributed by atoms with E-state index >= 15 is 0 Å². The van der Waals surface area contributed by atoms with Gasteiger partial charge < -0.3 is 15.8 Å². The Kier molecular flexibility index (Phi) is 5.09. The summed E-state index contributed by atoms with van der Waals surface area (Å²) in [4.78, 5) is 11.9. The number of carbonyl (C=O) groups excluding carboxylic acids is 1. The van der Waals surface area contributed by atoms with E-state index in [-0.39, 0.29) is 17.6 Å². The first-order valence-corrected chi connectivity index (χ1v) is 5.89. The van der Waals surface area contributed by atoms with Crippen molar-refractivity contribution in [3.63, 3.8) is 0 Å². The molecule has 0 radical (unpaired) electrons. The van der Waals surface area contributed by atoms with Gasteiger partial charge in [0, 0.05) is 6.07 Å². The number of hydrogen-bond donors (Lipinski definition) is 2. The largest absolute Gasteiger partial charge is 0.494 e. The average molecular weight is 254 g/mol. The lowest BCUT2D eigenvalue weighted by Crippen LogP contribution is -2.40. The van der Waals surface area contributed by atoms with Crippen LogP contribution in [0.2, 0.25) is 0 Å². The maximum Gasteiger partial charge on any atom is 0.241 e. The first-order chi connectivity index (χ1) is 8.49. The minimum absolute atomic E-state index is 0.0800. The number of halogens is 1. The molecule has 0 bridgehead atoms. The van der Waals surface area contributed by atoms with Crippen LogP contribution in [-0.2, 0) is 4.79 Å². The highest BCUT2D eigenvalue weighted by molar-refractivity contribution is 5.96. The summed E-state index contributed by atoms with van der Waals surface area (Å²) in [5.41, 5.74) is 6.23. The van der Waals surface area contributed by atoms with Gasteiger partial charge in [0.15, 0.2) is 0 Å². The standard InChI is InChI=1S/C13H19FN2O2/c1-4-8(2)12(15)13(17)16-10-6-5-9(14)7-11(10)18-3/h5-8,12H,4,15H2,1-3H3,(H,16,17)/t8?,12-/m0/s1. The first-order valence-electron chi connectivity index (χ1n) is 5.89. The van der Waals surface area contributed by atoms with Crippen LogP contribution < -0.4 is 15.8 Å². The van der Waals surface area contributed by atoms with Crippen molar-refractivity contribution in [1.29, 1.82) is 0 Å². The highest BCUT2D eigenvalue weighted by atomic mass is 19.1. The Morgan fingerprint density at radius 1 is 1.56 bits per heavy atom. The normalized spacial score (nSPS) is 13.8. The van der Waals surface area contributed by atoms with Crippen LogP contribution >= 0.6 is 0 Å². The second-order valence-electron chi connectivity index (χ2n) is 4.25. The van der Waals surface area contributed by atoms with Gasteiger partial charge in [0.2, 0.25) is 5.91 Å². The van der Waals surface area contributed by atoms with Gasteiger partial charge in [-0.2, -0.15) is 0 Å². The van der Waals surface area contributed by atoms with E-state index in [4.69, 9.17) is 10.5 Å². The third-order valence-electron chi connectivity index (χ3n) is 2.98.